The SMILES string of the molecule is CCOC(=O)C(CC(=O)O)c1ccc([N+](=O)[O-])cc1. The number of benzene rings is 1. The fourth-order valence-corrected chi connectivity index (χ4v) is 1.58. The number of carbonyl (C=O) groups excluding carboxylic acids is 1. The number of carboxylic acids is 1. The molecule has 1 aromatic rings. The average Bonchev–Trinajstić information content (AvgIpc) is 2.36. The van der Waals surface area contributed by atoms with Crippen LogP contribution in [0.3, 0.4) is 0 Å². The molecule has 7 heteroatoms. The number of ether oxygens (including phenoxy) is 1. The van der Waals surface area contributed by atoms with Gasteiger partial charge in [0, 0.05) is 12.1 Å². The second-order valence-corrected chi connectivity index (χ2v) is 3.75. The van der Waals surface area contributed by atoms with Gasteiger partial charge in [-0.2, -0.15) is 0 Å². The molecule has 0 heterocycles. The van der Waals surface area contributed by atoms with E-state index in [0.29, 0.717) is 5.56 Å². The van der Waals surface area contributed by atoms with Crippen molar-refractivity contribution in [3.8, 4) is 0 Å². The first-order valence-electron chi connectivity index (χ1n) is 5.58. The van der Waals surface area contributed by atoms with E-state index in [1.165, 1.54) is 24.3 Å². The van der Waals surface area contributed by atoms with E-state index in [1.54, 1.807) is 6.92 Å². The summed E-state index contributed by atoms with van der Waals surface area (Å²) in [6.45, 7) is 1.76. The predicted molar refractivity (Wildman–Crippen MR) is 64.7 cm³/mol. The molecule has 0 spiro atoms. The second-order valence-electron chi connectivity index (χ2n) is 3.75. The topological polar surface area (TPSA) is 107 Å². The molecule has 102 valence electrons. The smallest absolute Gasteiger partial charge is 0.313 e. The molecule has 0 aliphatic heterocycles. The van der Waals surface area contributed by atoms with Crippen LogP contribution in [0.15, 0.2) is 24.3 Å². The third-order valence-corrected chi connectivity index (χ3v) is 2.46. The summed E-state index contributed by atoms with van der Waals surface area (Å²) in [6.07, 6.45) is -0.420. The molecule has 0 bridgehead atoms. The van der Waals surface area contributed by atoms with Gasteiger partial charge in [-0.3, -0.25) is 19.7 Å². The number of hydrogen-bond donors (Lipinski definition) is 1. The highest BCUT2D eigenvalue weighted by atomic mass is 16.6. The van der Waals surface area contributed by atoms with E-state index in [1.807, 2.05) is 0 Å². The predicted octanol–water partition coefficient (Wildman–Crippen LogP) is 1.72. The fourth-order valence-electron chi connectivity index (χ4n) is 1.58. The maximum absolute atomic E-state index is 11.7. The number of esters is 1. The van der Waals surface area contributed by atoms with Gasteiger partial charge in [0.15, 0.2) is 0 Å². The van der Waals surface area contributed by atoms with Crippen LogP contribution in [0.5, 0.6) is 0 Å². The summed E-state index contributed by atoms with van der Waals surface area (Å²) in [7, 11) is 0. The Morgan fingerprint density at radius 3 is 2.37 bits per heavy atom. The summed E-state index contributed by atoms with van der Waals surface area (Å²) in [6, 6.07) is 5.18. The van der Waals surface area contributed by atoms with E-state index < -0.39 is 29.2 Å². The lowest BCUT2D eigenvalue weighted by molar-refractivity contribution is -0.384. The molecular weight excluding hydrogens is 254 g/mol. The summed E-state index contributed by atoms with van der Waals surface area (Å²) in [4.78, 5) is 32.4. The van der Waals surface area contributed by atoms with E-state index in [4.69, 9.17) is 9.84 Å². The maximum Gasteiger partial charge on any atom is 0.313 e. The molecule has 0 saturated carbocycles. The van der Waals surface area contributed by atoms with Crippen LogP contribution in [0, 0.1) is 10.1 Å². The van der Waals surface area contributed by atoms with Gasteiger partial charge in [0.1, 0.15) is 0 Å². The molecule has 1 N–H and O–H groups in total. The van der Waals surface area contributed by atoms with Crippen molar-refractivity contribution < 1.29 is 24.4 Å². The van der Waals surface area contributed by atoms with Crippen LogP contribution in [0.25, 0.3) is 0 Å². The number of non-ortho nitro benzene ring substituents is 1. The molecule has 1 unspecified atom stereocenters. The zero-order valence-corrected chi connectivity index (χ0v) is 10.2. The Bertz CT molecular complexity index is 481. The Labute approximate surface area is 109 Å². The molecule has 0 amide bonds. The monoisotopic (exact) mass is 267 g/mol. The van der Waals surface area contributed by atoms with Crippen molar-refractivity contribution in [2.45, 2.75) is 19.3 Å². The van der Waals surface area contributed by atoms with Gasteiger partial charge in [0.2, 0.25) is 0 Å². The van der Waals surface area contributed by atoms with Crippen molar-refractivity contribution in [2.24, 2.45) is 0 Å². The van der Waals surface area contributed by atoms with Gasteiger partial charge in [-0.05, 0) is 12.5 Å². The molecule has 1 aromatic carbocycles. The fraction of sp³-hybridized carbons (Fsp3) is 0.333. The van der Waals surface area contributed by atoms with Crippen molar-refractivity contribution in [1.29, 1.82) is 0 Å². The number of carbonyl (C=O) groups is 2. The maximum atomic E-state index is 11.7. The van der Waals surface area contributed by atoms with Crippen molar-refractivity contribution in [2.75, 3.05) is 6.61 Å². The molecule has 7 nitrogen and oxygen atoms in total. The highest BCUT2D eigenvalue weighted by Gasteiger charge is 2.25. The molecule has 0 radical (unpaired) electrons. The highest BCUT2D eigenvalue weighted by molar-refractivity contribution is 5.83. The van der Waals surface area contributed by atoms with Crippen LogP contribution in [0.4, 0.5) is 5.69 Å². The van der Waals surface area contributed by atoms with Gasteiger partial charge in [0.25, 0.3) is 5.69 Å². The summed E-state index contributed by atoms with van der Waals surface area (Å²) >= 11 is 0. The molecule has 0 aliphatic rings. The summed E-state index contributed by atoms with van der Waals surface area (Å²) in [5.74, 6) is -2.76. The normalized spacial score (nSPS) is 11.6. The Hall–Kier alpha value is -2.44. The summed E-state index contributed by atoms with van der Waals surface area (Å²) < 4.78 is 4.80. The number of nitro groups is 1. The van der Waals surface area contributed by atoms with Crippen LogP contribution in [-0.2, 0) is 14.3 Å². The lowest BCUT2D eigenvalue weighted by atomic mass is 9.95. The Morgan fingerprint density at radius 2 is 1.95 bits per heavy atom. The van der Waals surface area contributed by atoms with Crippen LogP contribution in [-0.4, -0.2) is 28.6 Å². The lowest BCUT2D eigenvalue weighted by Gasteiger charge is -2.13. The molecular formula is C12H13NO6. The molecule has 0 aromatic heterocycles. The first-order valence-corrected chi connectivity index (χ1v) is 5.58. The van der Waals surface area contributed by atoms with Gasteiger partial charge in [0.05, 0.1) is 23.9 Å². The molecule has 0 saturated heterocycles. The number of nitro benzene ring substituents is 1. The molecule has 1 atom stereocenters. The van der Waals surface area contributed by atoms with Gasteiger partial charge in [-0.1, -0.05) is 12.1 Å². The van der Waals surface area contributed by atoms with E-state index >= 15 is 0 Å². The average molecular weight is 267 g/mol. The van der Waals surface area contributed by atoms with E-state index in [-0.39, 0.29) is 12.3 Å². The van der Waals surface area contributed by atoms with Crippen molar-refractivity contribution >= 4 is 17.6 Å². The third-order valence-electron chi connectivity index (χ3n) is 2.46. The third kappa shape index (κ3) is 4.06. The second kappa shape index (κ2) is 6.48. The van der Waals surface area contributed by atoms with Gasteiger partial charge >= 0.3 is 11.9 Å². The van der Waals surface area contributed by atoms with Crippen LogP contribution in [0.1, 0.15) is 24.8 Å². The van der Waals surface area contributed by atoms with Crippen LogP contribution >= 0.6 is 0 Å². The lowest BCUT2D eigenvalue weighted by Crippen LogP contribution is -2.19. The highest BCUT2D eigenvalue weighted by Crippen LogP contribution is 2.24. The van der Waals surface area contributed by atoms with E-state index in [2.05, 4.69) is 0 Å². The first-order chi connectivity index (χ1) is 8.95. The minimum atomic E-state index is -1.14. The summed E-state index contributed by atoms with van der Waals surface area (Å²) in [5, 5.41) is 19.3. The number of aliphatic carboxylic acids is 1. The largest absolute Gasteiger partial charge is 0.481 e. The Balaban J connectivity index is 2.99. The van der Waals surface area contributed by atoms with Crippen LogP contribution in [0.2, 0.25) is 0 Å². The number of rotatable bonds is 6. The quantitative estimate of drug-likeness (QED) is 0.477. The van der Waals surface area contributed by atoms with Gasteiger partial charge < -0.3 is 9.84 Å². The van der Waals surface area contributed by atoms with Crippen molar-refractivity contribution in [3.63, 3.8) is 0 Å². The molecule has 0 fully saturated rings. The standard InChI is InChI=1S/C12H13NO6/c1-2-19-12(16)10(7-11(14)15)8-3-5-9(6-4-8)13(17)18/h3-6,10H,2,7H2,1H3,(H,14,15). The molecule has 1 rings (SSSR count). The summed E-state index contributed by atoms with van der Waals surface area (Å²) in [5.41, 5.74) is 0.258. The van der Waals surface area contributed by atoms with Gasteiger partial charge in [-0.15, -0.1) is 0 Å². The minimum Gasteiger partial charge on any atom is -0.481 e. The van der Waals surface area contributed by atoms with E-state index in [0.717, 1.165) is 0 Å². The first kappa shape index (κ1) is 14.6. The minimum absolute atomic E-state index is 0.123. The number of hydrogen-bond acceptors (Lipinski definition) is 5. The van der Waals surface area contributed by atoms with Gasteiger partial charge in [-0.25, -0.2) is 0 Å². The Morgan fingerprint density at radius 1 is 1.37 bits per heavy atom. The van der Waals surface area contributed by atoms with Crippen molar-refractivity contribution in [1.82, 2.24) is 0 Å². The zero-order chi connectivity index (χ0) is 14.4. The number of carboxylic acid groups (broad SMARTS) is 1. The van der Waals surface area contributed by atoms with Crippen LogP contribution < -0.4 is 0 Å². The van der Waals surface area contributed by atoms with E-state index in [9.17, 15) is 19.7 Å². The Kier molecular flexibility index (Phi) is 4.99. The molecule has 19 heavy (non-hydrogen) atoms. The molecule has 0 aliphatic carbocycles. The zero-order valence-electron chi connectivity index (χ0n) is 10.2. The number of nitrogens with zero attached hydrogens (tertiary/aromatic N) is 1. The van der Waals surface area contributed by atoms with Crippen molar-refractivity contribution in [3.05, 3.63) is 39.9 Å².